The van der Waals surface area contributed by atoms with E-state index in [1.807, 2.05) is 25.1 Å². The molecule has 134 valence electrons. The van der Waals surface area contributed by atoms with Crippen LogP contribution >= 0.6 is 11.3 Å². The molecule has 3 rings (SSSR count). The summed E-state index contributed by atoms with van der Waals surface area (Å²) in [6.45, 7) is 3.52. The molecule has 2 amide bonds. The summed E-state index contributed by atoms with van der Waals surface area (Å²) in [6, 6.07) is 7.31. The molecule has 1 saturated heterocycles. The summed E-state index contributed by atoms with van der Waals surface area (Å²) < 4.78 is 0. The lowest BCUT2D eigenvalue weighted by Crippen LogP contribution is -2.25. The minimum Gasteiger partial charge on any atom is -0.352 e. The topological polar surface area (TPSA) is 98.1 Å². The number of benzene rings is 1. The summed E-state index contributed by atoms with van der Waals surface area (Å²) in [4.78, 5) is 31.0. The van der Waals surface area contributed by atoms with Gasteiger partial charge in [-0.2, -0.15) is 5.26 Å². The first kappa shape index (κ1) is 17.9. The van der Waals surface area contributed by atoms with E-state index >= 15 is 0 Å². The summed E-state index contributed by atoms with van der Waals surface area (Å²) >= 11 is 1.36. The highest BCUT2D eigenvalue weighted by Gasteiger charge is 2.28. The summed E-state index contributed by atoms with van der Waals surface area (Å²) in [5.41, 5.74) is 1.47. The molecule has 0 spiro atoms. The summed E-state index contributed by atoms with van der Waals surface area (Å²) in [6.07, 6.45) is 4.43. The van der Waals surface area contributed by atoms with Gasteiger partial charge in [0.1, 0.15) is 0 Å². The second kappa shape index (κ2) is 7.97. The molecule has 0 aliphatic carbocycles. The van der Waals surface area contributed by atoms with Gasteiger partial charge in [0.25, 0.3) is 5.91 Å². The van der Waals surface area contributed by atoms with Crippen molar-refractivity contribution < 1.29 is 9.59 Å². The van der Waals surface area contributed by atoms with Crippen molar-refractivity contribution in [1.82, 2.24) is 15.2 Å². The second-order valence-corrected chi connectivity index (χ2v) is 7.02. The van der Waals surface area contributed by atoms with Gasteiger partial charge in [0, 0.05) is 31.4 Å². The zero-order valence-corrected chi connectivity index (χ0v) is 15.2. The molecule has 1 unspecified atom stereocenters. The van der Waals surface area contributed by atoms with E-state index in [4.69, 9.17) is 5.26 Å². The number of hydrogen-bond donors (Lipinski definition) is 2. The molecule has 2 N–H and O–H groups in total. The molecular weight excluding hydrogens is 350 g/mol. The summed E-state index contributed by atoms with van der Waals surface area (Å²) in [7, 11) is 0. The van der Waals surface area contributed by atoms with E-state index in [9.17, 15) is 9.59 Å². The molecule has 1 aromatic carbocycles. The van der Waals surface area contributed by atoms with E-state index in [-0.39, 0.29) is 17.7 Å². The molecule has 1 aliphatic heterocycles. The molecule has 0 saturated carbocycles. The number of thiazole rings is 1. The van der Waals surface area contributed by atoms with Crippen LogP contribution in [0, 0.1) is 17.4 Å². The van der Waals surface area contributed by atoms with E-state index in [0.717, 1.165) is 10.4 Å². The van der Waals surface area contributed by atoms with E-state index in [2.05, 4.69) is 21.8 Å². The minimum atomic E-state index is -0.192. The number of hydrogen-bond acceptors (Lipinski definition) is 6. The molecule has 1 aromatic heterocycles. The number of carbonyl (C=O) groups excluding carboxylic acids is 2. The Morgan fingerprint density at radius 2 is 2.31 bits per heavy atom. The van der Waals surface area contributed by atoms with Crippen molar-refractivity contribution in [2.75, 3.05) is 25.0 Å². The third kappa shape index (κ3) is 4.00. The standard InChI is InChI=1S/C18H19N5O2S/c1-2-20-16(24)13-5-3-4-12(8-13)15-9-21-18(26-15)22-17(25)14-6-7-23(10-14)11-19/h3-5,8-9,14H,2,6-7,10H2,1H3,(H,20,24)(H,21,22,25). The average molecular weight is 369 g/mol. The van der Waals surface area contributed by atoms with Crippen molar-refractivity contribution in [1.29, 1.82) is 5.26 Å². The Bertz CT molecular complexity index is 857. The monoisotopic (exact) mass is 369 g/mol. The maximum Gasteiger partial charge on any atom is 0.251 e. The maximum atomic E-state index is 12.3. The predicted octanol–water partition coefficient (Wildman–Crippen LogP) is 2.30. The van der Waals surface area contributed by atoms with Crippen LogP contribution in [0.5, 0.6) is 0 Å². The summed E-state index contributed by atoms with van der Waals surface area (Å²) in [5.74, 6) is -0.418. The first-order valence-corrected chi connectivity index (χ1v) is 9.22. The van der Waals surface area contributed by atoms with Gasteiger partial charge in [-0.25, -0.2) is 4.98 Å². The van der Waals surface area contributed by atoms with E-state index in [1.165, 1.54) is 11.3 Å². The van der Waals surface area contributed by atoms with Gasteiger partial charge in [-0.05, 0) is 31.0 Å². The van der Waals surface area contributed by atoms with Gasteiger partial charge in [-0.15, -0.1) is 0 Å². The molecule has 7 nitrogen and oxygen atoms in total. The number of likely N-dealkylation sites (tertiary alicyclic amines) is 1. The van der Waals surface area contributed by atoms with Crippen molar-refractivity contribution >= 4 is 28.3 Å². The van der Waals surface area contributed by atoms with Crippen LogP contribution in [-0.2, 0) is 4.79 Å². The molecule has 26 heavy (non-hydrogen) atoms. The zero-order valence-electron chi connectivity index (χ0n) is 14.4. The van der Waals surface area contributed by atoms with Gasteiger partial charge in [0.15, 0.2) is 11.3 Å². The van der Waals surface area contributed by atoms with Crippen LogP contribution in [0.3, 0.4) is 0 Å². The van der Waals surface area contributed by atoms with Gasteiger partial charge < -0.3 is 15.5 Å². The largest absolute Gasteiger partial charge is 0.352 e. The Morgan fingerprint density at radius 3 is 3.04 bits per heavy atom. The number of amides is 2. The fraction of sp³-hybridized carbons (Fsp3) is 0.333. The fourth-order valence-corrected chi connectivity index (χ4v) is 3.63. The van der Waals surface area contributed by atoms with Crippen LogP contribution in [0.4, 0.5) is 5.13 Å². The predicted molar refractivity (Wildman–Crippen MR) is 99.5 cm³/mol. The molecule has 8 heteroatoms. The molecule has 0 radical (unpaired) electrons. The van der Waals surface area contributed by atoms with E-state index in [0.29, 0.717) is 36.8 Å². The lowest BCUT2D eigenvalue weighted by Gasteiger charge is -2.08. The third-order valence-corrected chi connectivity index (χ3v) is 5.14. The number of anilines is 1. The van der Waals surface area contributed by atoms with E-state index < -0.39 is 0 Å². The highest BCUT2D eigenvalue weighted by Crippen LogP contribution is 2.30. The quantitative estimate of drug-likeness (QED) is 0.788. The van der Waals surface area contributed by atoms with Crippen molar-refractivity contribution in [2.24, 2.45) is 5.92 Å². The van der Waals surface area contributed by atoms with Gasteiger partial charge in [0.05, 0.1) is 10.8 Å². The maximum absolute atomic E-state index is 12.3. The number of nitrogens with one attached hydrogen (secondary N) is 2. The third-order valence-electron chi connectivity index (χ3n) is 4.18. The SMILES string of the molecule is CCNC(=O)c1cccc(-c2cnc(NC(=O)C3CCN(C#N)C3)s2)c1. The van der Waals surface area contributed by atoms with Gasteiger partial charge in [-0.1, -0.05) is 23.5 Å². The Balaban J connectivity index is 1.68. The zero-order chi connectivity index (χ0) is 18.5. The number of rotatable bonds is 5. The number of nitrogens with zero attached hydrogens (tertiary/aromatic N) is 3. The Kier molecular flexibility index (Phi) is 5.49. The normalized spacial score (nSPS) is 16.2. The van der Waals surface area contributed by atoms with Gasteiger partial charge in [-0.3, -0.25) is 9.59 Å². The fourth-order valence-electron chi connectivity index (χ4n) is 2.81. The first-order chi connectivity index (χ1) is 12.6. The van der Waals surface area contributed by atoms with Crippen LogP contribution in [-0.4, -0.2) is 41.3 Å². The Morgan fingerprint density at radius 1 is 1.46 bits per heavy atom. The Labute approximate surface area is 155 Å². The van der Waals surface area contributed by atoms with Crippen LogP contribution in [0.2, 0.25) is 0 Å². The lowest BCUT2D eigenvalue weighted by atomic mass is 10.1. The van der Waals surface area contributed by atoms with Crippen molar-refractivity contribution in [2.45, 2.75) is 13.3 Å². The summed E-state index contributed by atoms with van der Waals surface area (Å²) in [5, 5.41) is 15.0. The molecule has 2 heterocycles. The van der Waals surface area contributed by atoms with Crippen LogP contribution < -0.4 is 10.6 Å². The first-order valence-electron chi connectivity index (χ1n) is 8.40. The molecule has 1 atom stereocenters. The highest BCUT2D eigenvalue weighted by molar-refractivity contribution is 7.19. The molecule has 0 bridgehead atoms. The van der Waals surface area contributed by atoms with Crippen LogP contribution in [0.15, 0.2) is 30.5 Å². The number of nitriles is 1. The minimum absolute atomic E-state index is 0.111. The molecule has 1 aliphatic rings. The van der Waals surface area contributed by atoms with Gasteiger partial charge in [0.2, 0.25) is 5.91 Å². The van der Waals surface area contributed by atoms with Crippen LogP contribution in [0.25, 0.3) is 10.4 Å². The van der Waals surface area contributed by atoms with Crippen molar-refractivity contribution in [3.63, 3.8) is 0 Å². The number of aromatic nitrogens is 1. The van der Waals surface area contributed by atoms with Crippen molar-refractivity contribution in [3.8, 4) is 16.6 Å². The van der Waals surface area contributed by atoms with E-state index in [1.54, 1.807) is 17.2 Å². The van der Waals surface area contributed by atoms with Crippen molar-refractivity contribution in [3.05, 3.63) is 36.0 Å². The smallest absolute Gasteiger partial charge is 0.251 e. The number of carbonyl (C=O) groups is 2. The molecule has 1 fully saturated rings. The lowest BCUT2D eigenvalue weighted by molar-refractivity contribution is -0.119. The average Bonchev–Trinajstić information content (AvgIpc) is 3.31. The molecule has 2 aromatic rings. The highest BCUT2D eigenvalue weighted by atomic mass is 32.1. The molecular formula is C18H19N5O2S. The van der Waals surface area contributed by atoms with Gasteiger partial charge >= 0.3 is 0 Å². The van der Waals surface area contributed by atoms with Crippen LogP contribution in [0.1, 0.15) is 23.7 Å². The Hall–Kier alpha value is -2.92. The second-order valence-electron chi connectivity index (χ2n) is 5.99.